The average molecular weight is 495 g/mol. The molecule has 8 heteroatoms. The minimum atomic E-state index is -3.96. The van der Waals surface area contributed by atoms with Gasteiger partial charge in [0, 0.05) is 12.6 Å². The van der Waals surface area contributed by atoms with E-state index >= 15 is 0 Å². The van der Waals surface area contributed by atoms with Crippen molar-refractivity contribution in [3.8, 4) is 0 Å². The van der Waals surface area contributed by atoms with Crippen LogP contribution in [0.3, 0.4) is 0 Å². The quantitative estimate of drug-likeness (QED) is 0.286. The zero-order chi connectivity index (χ0) is 25.3. The second kappa shape index (κ2) is 12.5. The highest BCUT2D eigenvalue weighted by Crippen LogP contribution is 2.47. The molecule has 0 aliphatic heterocycles. The minimum absolute atomic E-state index is 0.101. The molecule has 0 bridgehead atoms. The Balaban J connectivity index is 1.77. The van der Waals surface area contributed by atoms with E-state index in [-0.39, 0.29) is 25.4 Å². The highest BCUT2D eigenvalue weighted by molar-refractivity contribution is 7.58. The molecule has 184 valence electrons. The van der Waals surface area contributed by atoms with Crippen molar-refractivity contribution >= 4 is 19.2 Å². The molecule has 0 aliphatic rings. The van der Waals surface area contributed by atoms with Crippen LogP contribution in [0.2, 0.25) is 0 Å². The third-order valence-electron chi connectivity index (χ3n) is 5.88. The number of hydrogen-bond acceptors (Lipinski definition) is 4. The predicted octanol–water partition coefficient (Wildman–Crippen LogP) is 3.46. The van der Waals surface area contributed by atoms with Gasteiger partial charge in [0.25, 0.3) is 0 Å². The molecule has 3 rings (SSSR count). The number of nitrogens with two attached hydrogens (primary N) is 1. The van der Waals surface area contributed by atoms with Crippen molar-refractivity contribution in [3.63, 3.8) is 0 Å². The molecule has 2 unspecified atom stereocenters. The molecule has 5 N–H and O–H groups in total. The van der Waals surface area contributed by atoms with Gasteiger partial charge in [0.05, 0.1) is 11.7 Å². The number of aliphatic carboxylic acids is 1. The fourth-order valence-corrected chi connectivity index (χ4v) is 5.62. The maximum Gasteiger partial charge on any atom is 0.326 e. The van der Waals surface area contributed by atoms with Crippen LogP contribution in [-0.2, 0) is 33.4 Å². The first-order valence-corrected chi connectivity index (χ1v) is 13.4. The van der Waals surface area contributed by atoms with Crippen LogP contribution >= 0.6 is 7.37 Å². The fourth-order valence-electron chi connectivity index (χ4n) is 3.93. The molecule has 35 heavy (non-hydrogen) atoms. The molecular weight excluding hydrogens is 463 g/mol. The van der Waals surface area contributed by atoms with E-state index in [9.17, 15) is 24.2 Å². The SMILES string of the molecule is NC(Cc1ccccc1)P(=O)(O)C[C@@H](Cc1ccccc1)C(=O)N[C@@H](Cc1ccccc1)C(=O)O. The van der Waals surface area contributed by atoms with Gasteiger partial charge in [-0.2, -0.15) is 0 Å². The molecular formula is C27H31N2O5P. The van der Waals surface area contributed by atoms with Gasteiger partial charge < -0.3 is 21.1 Å². The Labute approximate surface area is 205 Å². The Bertz CT molecular complexity index is 1140. The zero-order valence-electron chi connectivity index (χ0n) is 19.4. The Morgan fingerprint density at radius 3 is 1.66 bits per heavy atom. The molecule has 3 aromatic carbocycles. The number of carboxylic acids is 1. The lowest BCUT2D eigenvalue weighted by Crippen LogP contribution is -2.46. The highest BCUT2D eigenvalue weighted by atomic mass is 31.2. The van der Waals surface area contributed by atoms with Crippen LogP contribution in [-0.4, -0.2) is 39.9 Å². The second-order valence-corrected chi connectivity index (χ2v) is 11.2. The highest BCUT2D eigenvalue weighted by Gasteiger charge is 2.35. The standard InChI is InChI=1S/C27H31N2O5P/c28-25(18-22-14-8-3-9-15-22)35(33,34)19-23(16-20-10-4-1-5-11-20)26(30)29-24(27(31)32)17-21-12-6-2-7-13-21/h1-15,23-25H,16-19,28H2,(H,29,30)(H,31,32)(H,33,34)/t23-,24+,25?/m1/s1. The van der Waals surface area contributed by atoms with E-state index in [0.29, 0.717) is 0 Å². The van der Waals surface area contributed by atoms with Gasteiger partial charge in [0.1, 0.15) is 6.04 Å². The molecule has 7 nitrogen and oxygen atoms in total. The Kier molecular flexibility index (Phi) is 9.38. The van der Waals surface area contributed by atoms with E-state index in [0.717, 1.165) is 16.7 Å². The summed E-state index contributed by atoms with van der Waals surface area (Å²) in [6, 6.07) is 26.1. The van der Waals surface area contributed by atoms with Crippen LogP contribution in [0.25, 0.3) is 0 Å². The maximum absolute atomic E-state index is 13.3. The largest absolute Gasteiger partial charge is 0.480 e. The lowest BCUT2D eigenvalue weighted by Gasteiger charge is -2.25. The number of hydrogen-bond donors (Lipinski definition) is 4. The summed E-state index contributed by atoms with van der Waals surface area (Å²) in [6.45, 7) is 0. The van der Waals surface area contributed by atoms with E-state index in [1.54, 1.807) is 24.3 Å². The van der Waals surface area contributed by atoms with Gasteiger partial charge in [-0.1, -0.05) is 91.0 Å². The first kappa shape index (κ1) is 26.4. The summed E-state index contributed by atoms with van der Waals surface area (Å²) in [5, 5.41) is 12.3. The topological polar surface area (TPSA) is 130 Å². The van der Waals surface area contributed by atoms with Crippen LogP contribution < -0.4 is 11.1 Å². The van der Waals surface area contributed by atoms with Gasteiger partial charge in [-0.15, -0.1) is 0 Å². The summed E-state index contributed by atoms with van der Waals surface area (Å²) in [6.07, 6.45) is 0.136. The van der Waals surface area contributed by atoms with E-state index < -0.39 is 37.0 Å². The van der Waals surface area contributed by atoms with Crippen molar-refractivity contribution in [3.05, 3.63) is 108 Å². The molecule has 0 saturated heterocycles. The molecule has 1 amide bonds. The number of amides is 1. The number of carbonyl (C=O) groups is 2. The van der Waals surface area contributed by atoms with Crippen molar-refractivity contribution in [1.82, 2.24) is 5.32 Å². The third-order valence-corrected chi connectivity index (χ3v) is 8.06. The molecule has 0 aromatic heterocycles. The van der Waals surface area contributed by atoms with E-state index in [4.69, 9.17) is 5.73 Å². The lowest BCUT2D eigenvalue weighted by molar-refractivity contribution is -0.142. The third kappa shape index (κ3) is 8.18. The second-order valence-electron chi connectivity index (χ2n) is 8.67. The molecule has 0 heterocycles. The first-order valence-electron chi connectivity index (χ1n) is 11.5. The Morgan fingerprint density at radius 1 is 0.771 bits per heavy atom. The van der Waals surface area contributed by atoms with Crippen LogP contribution in [0, 0.1) is 5.92 Å². The monoisotopic (exact) mass is 494 g/mol. The van der Waals surface area contributed by atoms with Crippen molar-refractivity contribution in [2.24, 2.45) is 11.7 Å². The fraction of sp³-hybridized carbons (Fsp3) is 0.259. The van der Waals surface area contributed by atoms with Crippen LogP contribution in [0.4, 0.5) is 0 Å². The minimum Gasteiger partial charge on any atom is -0.480 e. The van der Waals surface area contributed by atoms with Gasteiger partial charge in [0.2, 0.25) is 13.3 Å². The van der Waals surface area contributed by atoms with E-state index in [1.165, 1.54) is 0 Å². The van der Waals surface area contributed by atoms with Crippen molar-refractivity contribution in [1.29, 1.82) is 0 Å². The van der Waals surface area contributed by atoms with Gasteiger partial charge >= 0.3 is 5.97 Å². The molecule has 0 aliphatic carbocycles. The molecule has 3 aromatic rings. The molecule has 4 atom stereocenters. The Morgan fingerprint density at radius 2 is 1.20 bits per heavy atom. The molecule has 0 spiro atoms. The summed E-state index contributed by atoms with van der Waals surface area (Å²) >= 11 is 0. The van der Waals surface area contributed by atoms with Gasteiger partial charge in [-0.3, -0.25) is 9.36 Å². The molecule has 0 radical (unpaired) electrons. The number of benzene rings is 3. The molecule has 0 fully saturated rings. The number of carbonyl (C=O) groups excluding carboxylic acids is 1. The van der Waals surface area contributed by atoms with Crippen LogP contribution in [0.15, 0.2) is 91.0 Å². The van der Waals surface area contributed by atoms with Crippen molar-refractivity contribution in [2.75, 3.05) is 6.16 Å². The number of carboxylic acid groups (broad SMARTS) is 1. The Hall–Kier alpha value is -3.25. The van der Waals surface area contributed by atoms with Gasteiger partial charge in [0.15, 0.2) is 0 Å². The summed E-state index contributed by atoms with van der Waals surface area (Å²) < 4.78 is 13.3. The number of rotatable bonds is 12. The summed E-state index contributed by atoms with van der Waals surface area (Å²) in [5.74, 6) is -3.73. The molecule has 0 saturated carbocycles. The summed E-state index contributed by atoms with van der Waals surface area (Å²) in [7, 11) is -3.96. The average Bonchev–Trinajstić information content (AvgIpc) is 2.85. The van der Waals surface area contributed by atoms with Crippen LogP contribution in [0.5, 0.6) is 0 Å². The van der Waals surface area contributed by atoms with Crippen molar-refractivity contribution < 1.29 is 24.2 Å². The van der Waals surface area contributed by atoms with Crippen LogP contribution in [0.1, 0.15) is 16.7 Å². The van der Waals surface area contributed by atoms with Gasteiger partial charge in [-0.05, 0) is 29.5 Å². The normalized spacial score (nSPS) is 15.4. The van der Waals surface area contributed by atoms with Crippen molar-refractivity contribution in [2.45, 2.75) is 31.1 Å². The van der Waals surface area contributed by atoms with E-state index in [2.05, 4.69) is 5.32 Å². The predicted molar refractivity (Wildman–Crippen MR) is 136 cm³/mol. The smallest absolute Gasteiger partial charge is 0.326 e. The van der Waals surface area contributed by atoms with E-state index in [1.807, 2.05) is 66.7 Å². The maximum atomic E-state index is 13.3. The lowest BCUT2D eigenvalue weighted by atomic mass is 9.99. The zero-order valence-corrected chi connectivity index (χ0v) is 20.3. The summed E-state index contributed by atoms with van der Waals surface area (Å²) in [5.41, 5.74) is 8.53. The number of nitrogens with one attached hydrogen (secondary N) is 1. The van der Waals surface area contributed by atoms with Gasteiger partial charge in [-0.25, -0.2) is 4.79 Å². The first-order chi connectivity index (χ1) is 16.7. The summed E-state index contributed by atoms with van der Waals surface area (Å²) in [4.78, 5) is 36.0.